The van der Waals surface area contributed by atoms with Crippen LogP contribution in [-0.4, -0.2) is 40.7 Å². The SMILES string of the molecule is Nc1ccccc1C(=O)NS(=O)(=O)CC[C@@H]1CC[C@H](n2cnc3c(N)ccnc32)O1. The second-order valence-corrected chi connectivity index (χ2v) is 8.98. The van der Waals surface area contributed by atoms with Gasteiger partial charge in [-0.1, -0.05) is 12.1 Å². The number of benzene rings is 1. The monoisotopic (exact) mass is 430 g/mol. The minimum absolute atomic E-state index is 0.122. The van der Waals surface area contributed by atoms with Gasteiger partial charge in [0.25, 0.3) is 5.91 Å². The van der Waals surface area contributed by atoms with E-state index in [1.807, 2.05) is 0 Å². The second-order valence-electron chi connectivity index (χ2n) is 7.14. The average Bonchev–Trinajstić information content (AvgIpc) is 3.34. The number of nitrogens with two attached hydrogens (primary N) is 2. The topological polar surface area (TPSA) is 155 Å². The van der Waals surface area contributed by atoms with E-state index >= 15 is 0 Å². The number of nitrogen functional groups attached to an aromatic ring is 2. The third-order valence-corrected chi connectivity index (χ3v) is 6.32. The lowest BCUT2D eigenvalue weighted by Crippen LogP contribution is -2.34. The zero-order valence-corrected chi connectivity index (χ0v) is 16.9. The number of sulfonamides is 1. The molecule has 0 unspecified atom stereocenters. The van der Waals surface area contributed by atoms with Crippen molar-refractivity contribution in [2.75, 3.05) is 17.2 Å². The summed E-state index contributed by atoms with van der Waals surface area (Å²) in [5, 5.41) is 0. The number of carbonyl (C=O) groups is 1. The summed E-state index contributed by atoms with van der Waals surface area (Å²) >= 11 is 0. The van der Waals surface area contributed by atoms with E-state index in [-0.39, 0.29) is 35.8 Å². The van der Waals surface area contributed by atoms with Gasteiger partial charge in [-0.25, -0.2) is 23.1 Å². The van der Waals surface area contributed by atoms with Crippen molar-refractivity contribution >= 4 is 38.5 Å². The molecule has 0 bridgehead atoms. The number of amides is 1. The van der Waals surface area contributed by atoms with Crippen LogP contribution >= 0.6 is 0 Å². The number of nitrogens with zero attached hydrogens (tertiary/aromatic N) is 3. The van der Waals surface area contributed by atoms with Crippen LogP contribution in [0, 0.1) is 0 Å². The molecule has 1 saturated heterocycles. The Morgan fingerprint density at radius 1 is 1.17 bits per heavy atom. The van der Waals surface area contributed by atoms with Crippen LogP contribution in [0.2, 0.25) is 0 Å². The second kappa shape index (κ2) is 7.92. The predicted molar refractivity (Wildman–Crippen MR) is 112 cm³/mol. The lowest BCUT2D eigenvalue weighted by Gasteiger charge is -2.15. The molecule has 0 aliphatic carbocycles. The van der Waals surface area contributed by atoms with Crippen molar-refractivity contribution in [3.05, 3.63) is 48.4 Å². The molecule has 30 heavy (non-hydrogen) atoms. The smallest absolute Gasteiger partial charge is 0.266 e. The van der Waals surface area contributed by atoms with Crippen molar-refractivity contribution in [3.63, 3.8) is 0 Å². The molecule has 1 aliphatic rings. The maximum absolute atomic E-state index is 12.3. The number of ether oxygens (including phenoxy) is 1. The van der Waals surface area contributed by atoms with Gasteiger partial charge in [-0.15, -0.1) is 0 Å². The van der Waals surface area contributed by atoms with Gasteiger partial charge < -0.3 is 16.2 Å². The summed E-state index contributed by atoms with van der Waals surface area (Å²) in [4.78, 5) is 20.8. The number of hydrogen-bond acceptors (Lipinski definition) is 8. The quantitative estimate of drug-likeness (QED) is 0.496. The van der Waals surface area contributed by atoms with E-state index in [1.165, 1.54) is 12.1 Å². The number of anilines is 2. The van der Waals surface area contributed by atoms with E-state index in [2.05, 4.69) is 14.7 Å². The molecule has 11 heteroatoms. The number of pyridine rings is 1. The molecule has 10 nitrogen and oxygen atoms in total. The van der Waals surface area contributed by atoms with Crippen LogP contribution in [0.3, 0.4) is 0 Å². The van der Waals surface area contributed by atoms with Crippen molar-refractivity contribution in [2.45, 2.75) is 31.6 Å². The average molecular weight is 430 g/mol. The molecule has 4 rings (SSSR count). The predicted octanol–water partition coefficient (Wildman–Crippen LogP) is 1.42. The Labute approximate surface area is 173 Å². The molecule has 1 amide bonds. The van der Waals surface area contributed by atoms with Gasteiger partial charge in [0.1, 0.15) is 11.7 Å². The maximum Gasteiger partial charge on any atom is 0.266 e. The molecule has 0 saturated carbocycles. The highest BCUT2D eigenvalue weighted by Gasteiger charge is 2.29. The molecule has 1 aromatic carbocycles. The van der Waals surface area contributed by atoms with E-state index in [0.717, 1.165) is 0 Å². The molecule has 2 atom stereocenters. The lowest BCUT2D eigenvalue weighted by atomic mass is 10.2. The Bertz CT molecular complexity index is 1190. The van der Waals surface area contributed by atoms with E-state index in [9.17, 15) is 13.2 Å². The highest BCUT2D eigenvalue weighted by Crippen LogP contribution is 2.32. The minimum Gasteiger partial charge on any atom is -0.398 e. The molecule has 0 spiro atoms. The number of para-hydroxylation sites is 1. The number of fused-ring (bicyclic) bond motifs is 1. The van der Waals surface area contributed by atoms with Crippen LogP contribution in [0.25, 0.3) is 11.2 Å². The number of nitrogens with one attached hydrogen (secondary N) is 1. The highest BCUT2D eigenvalue weighted by atomic mass is 32.2. The van der Waals surface area contributed by atoms with E-state index in [1.54, 1.807) is 35.3 Å². The fraction of sp³-hybridized carbons (Fsp3) is 0.316. The van der Waals surface area contributed by atoms with E-state index in [0.29, 0.717) is 29.7 Å². The van der Waals surface area contributed by atoms with Gasteiger partial charge in [0.15, 0.2) is 5.65 Å². The van der Waals surface area contributed by atoms with Gasteiger partial charge in [0, 0.05) is 11.9 Å². The maximum atomic E-state index is 12.3. The van der Waals surface area contributed by atoms with Crippen LogP contribution < -0.4 is 16.2 Å². The standard InChI is InChI=1S/C19H22N6O4S/c20-14-4-2-1-3-13(14)19(26)24-30(27,28)10-8-12-5-6-16(29-12)25-11-23-17-15(21)7-9-22-18(17)25/h1-4,7,9,11-12,16H,5-6,8,10,20H2,(H2,21,22)(H,24,26)/t12-,16+/m0/s1. The van der Waals surface area contributed by atoms with Gasteiger partial charge in [-0.05, 0) is 37.5 Å². The Kier molecular flexibility index (Phi) is 5.31. The Morgan fingerprint density at radius 3 is 2.77 bits per heavy atom. The van der Waals surface area contributed by atoms with Crippen LogP contribution in [0.4, 0.5) is 11.4 Å². The zero-order valence-electron chi connectivity index (χ0n) is 16.1. The van der Waals surface area contributed by atoms with Crippen LogP contribution in [-0.2, 0) is 14.8 Å². The molecule has 1 aliphatic heterocycles. The largest absolute Gasteiger partial charge is 0.398 e. The summed E-state index contributed by atoms with van der Waals surface area (Å²) in [6.07, 6.45) is 4.31. The van der Waals surface area contributed by atoms with E-state index < -0.39 is 15.9 Å². The normalized spacial score (nSPS) is 19.2. The summed E-state index contributed by atoms with van der Waals surface area (Å²) < 4.78 is 34.5. The highest BCUT2D eigenvalue weighted by molar-refractivity contribution is 7.90. The third-order valence-electron chi connectivity index (χ3n) is 5.05. The van der Waals surface area contributed by atoms with Crippen molar-refractivity contribution in [3.8, 4) is 0 Å². The molecule has 5 N–H and O–H groups in total. The first kappa shape index (κ1) is 20.1. The number of imidazole rings is 1. The van der Waals surface area contributed by atoms with Gasteiger partial charge in [-0.3, -0.25) is 9.36 Å². The Hall–Kier alpha value is -3.18. The third kappa shape index (κ3) is 4.07. The molecule has 1 fully saturated rings. The molecule has 158 valence electrons. The van der Waals surface area contributed by atoms with Crippen LogP contribution in [0.1, 0.15) is 35.8 Å². The summed E-state index contributed by atoms with van der Waals surface area (Å²) in [6.45, 7) is 0. The van der Waals surface area contributed by atoms with Crippen LogP contribution in [0.5, 0.6) is 0 Å². The first-order chi connectivity index (χ1) is 14.3. The summed E-state index contributed by atoms with van der Waals surface area (Å²) in [5.41, 5.74) is 13.8. The summed E-state index contributed by atoms with van der Waals surface area (Å²) in [5.74, 6) is -0.981. The lowest BCUT2D eigenvalue weighted by molar-refractivity contribution is 0.00320. The molecular weight excluding hydrogens is 408 g/mol. The van der Waals surface area contributed by atoms with Gasteiger partial charge in [0.2, 0.25) is 10.0 Å². The molecule has 3 aromatic rings. The van der Waals surface area contributed by atoms with Gasteiger partial charge >= 0.3 is 0 Å². The Morgan fingerprint density at radius 2 is 1.97 bits per heavy atom. The number of hydrogen-bond donors (Lipinski definition) is 3. The fourth-order valence-corrected chi connectivity index (χ4v) is 4.57. The van der Waals surface area contributed by atoms with Crippen molar-refractivity contribution < 1.29 is 17.9 Å². The summed E-state index contributed by atoms with van der Waals surface area (Å²) in [7, 11) is -3.83. The number of aromatic nitrogens is 3. The first-order valence-electron chi connectivity index (χ1n) is 9.46. The number of rotatable bonds is 6. The van der Waals surface area contributed by atoms with Gasteiger partial charge in [-0.2, -0.15) is 0 Å². The minimum atomic E-state index is -3.83. The molecule has 0 radical (unpaired) electrons. The van der Waals surface area contributed by atoms with Crippen molar-refractivity contribution in [2.24, 2.45) is 0 Å². The zero-order chi connectivity index (χ0) is 21.3. The fourth-order valence-electron chi connectivity index (χ4n) is 3.51. The van der Waals surface area contributed by atoms with E-state index in [4.69, 9.17) is 16.2 Å². The molecular formula is C19H22N6O4S. The first-order valence-corrected chi connectivity index (χ1v) is 11.1. The number of carbonyl (C=O) groups excluding carboxylic acids is 1. The van der Waals surface area contributed by atoms with Crippen molar-refractivity contribution in [1.29, 1.82) is 0 Å². The van der Waals surface area contributed by atoms with Gasteiger partial charge in [0.05, 0.1) is 29.4 Å². The Balaban J connectivity index is 1.36. The van der Waals surface area contributed by atoms with Crippen molar-refractivity contribution in [1.82, 2.24) is 19.3 Å². The molecule has 3 heterocycles. The summed E-state index contributed by atoms with van der Waals surface area (Å²) in [6, 6.07) is 7.98. The molecule has 2 aromatic heterocycles. The van der Waals surface area contributed by atoms with Crippen LogP contribution in [0.15, 0.2) is 42.9 Å².